The van der Waals surface area contributed by atoms with E-state index in [1.165, 1.54) is 19.5 Å². The van der Waals surface area contributed by atoms with Crippen molar-refractivity contribution in [3.05, 3.63) is 18.0 Å². The zero-order chi connectivity index (χ0) is 13.0. The van der Waals surface area contributed by atoms with Crippen LogP contribution in [0.4, 0.5) is 11.4 Å². The molecule has 6 N–H and O–H groups in total. The number of anilines is 2. The molecule has 7 heteroatoms. The predicted molar refractivity (Wildman–Crippen MR) is 60.7 cm³/mol. The highest BCUT2D eigenvalue weighted by Gasteiger charge is 2.24. The molecule has 7 nitrogen and oxygen atoms in total. The van der Waals surface area contributed by atoms with Gasteiger partial charge in [0.25, 0.3) is 0 Å². The Morgan fingerprint density at radius 2 is 2.12 bits per heavy atom. The van der Waals surface area contributed by atoms with Gasteiger partial charge in [0.05, 0.1) is 37.2 Å². The summed E-state index contributed by atoms with van der Waals surface area (Å²) >= 11 is 0. The monoisotopic (exact) mass is 241 g/mol. The summed E-state index contributed by atoms with van der Waals surface area (Å²) in [5.41, 5.74) is 11.7. The molecule has 0 aliphatic carbocycles. The first-order valence-electron chi connectivity index (χ1n) is 4.89. The van der Waals surface area contributed by atoms with Gasteiger partial charge in [-0.15, -0.1) is 0 Å². The Hall–Kier alpha value is -1.86. The van der Waals surface area contributed by atoms with Crippen LogP contribution in [0.25, 0.3) is 0 Å². The molecule has 0 bridgehead atoms. The number of aliphatic hydroxyl groups is 2. The van der Waals surface area contributed by atoms with Gasteiger partial charge >= 0.3 is 5.97 Å². The number of hydrogen-bond acceptors (Lipinski definition) is 7. The summed E-state index contributed by atoms with van der Waals surface area (Å²) in [6.07, 6.45) is -0.389. The van der Waals surface area contributed by atoms with Crippen LogP contribution in [-0.4, -0.2) is 34.4 Å². The first-order chi connectivity index (χ1) is 7.97. The molecule has 0 spiro atoms. The molecule has 1 aromatic heterocycles. The maximum atomic E-state index is 10.9. The van der Waals surface area contributed by atoms with Crippen molar-refractivity contribution in [3.8, 4) is 0 Å². The highest BCUT2D eigenvalue weighted by Crippen LogP contribution is 2.27. The maximum absolute atomic E-state index is 10.9. The molecule has 17 heavy (non-hydrogen) atoms. The van der Waals surface area contributed by atoms with Crippen LogP contribution in [0.3, 0.4) is 0 Å². The standard InChI is InChI=1S/C10H15N3O4/c1-17-8(15)2-7(14)10(16)5-3-13-4-6(11)9(5)12/h3-4,7,10,14,16H,2,11H2,1H3,(H2,12,13). The first kappa shape index (κ1) is 13.2. The van der Waals surface area contributed by atoms with Gasteiger partial charge in [-0.25, -0.2) is 0 Å². The number of aromatic nitrogens is 1. The lowest BCUT2D eigenvalue weighted by atomic mass is 10.0. The third kappa shape index (κ3) is 3.05. The lowest BCUT2D eigenvalue weighted by Crippen LogP contribution is -2.23. The number of nitrogens with zero attached hydrogens (tertiary/aromatic N) is 1. The Labute approximate surface area is 98.0 Å². The van der Waals surface area contributed by atoms with Gasteiger partial charge in [-0.3, -0.25) is 9.78 Å². The van der Waals surface area contributed by atoms with Gasteiger partial charge in [-0.1, -0.05) is 0 Å². The van der Waals surface area contributed by atoms with Crippen LogP contribution in [0.5, 0.6) is 0 Å². The van der Waals surface area contributed by atoms with Gasteiger partial charge in [-0.05, 0) is 0 Å². The smallest absolute Gasteiger partial charge is 0.308 e. The molecule has 0 saturated heterocycles. The van der Waals surface area contributed by atoms with E-state index >= 15 is 0 Å². The SMILES string of the molecule is COC(=O)CC(O)C(O)c1cncc(N)c1N. The molecular weight excluding hydrogens is 226 g/mol. The fourth-order valence-corrected chi connectivity index (χ4v) is 1.31. The predicted octanol–water partition coefficient (Wildman–Crippen LogP) is -0.797. The zero-order valence-electron chi connectivity index (χ0n) is 9.33. The summed E-state index contributed by atoms with van der Waals surface area (Å²) in [4.78, 5) is 14.7. The van der Waals surface area contributed by atoms with E-state index in [-0.39, 0.29) is 23.4 Å². The fraction of sp³-hybridized carbons (Fsp3) is 0.400. The van der Waals surface area contributed by atoms with Crippen molar-refractivity contribution in [1.29, 1.82) is 0 Å². The van der Waals surface area contributed by atoms with E-state index in [1.54, 1.807) is 0 Å². The highest BCUT2D eigenvalue weighted by molar-refractivity contribution is 5.70. The molecule has 0 aliphatic heterocycles. The number of carbonyl (C=O) groups excluding carboxylic acids is 1. The van der Waals surface area contributed by atoms with Crippen LogP contribution in [0.1, 0.15) is 18.1 Å². The van der Waals surface area contributed by atoms with Crippen LogP contribution in [0, 0.1) is 0 Å². The molecular formula is C10H15N3O4. The minimum absolute atomic E-state index is 0.136. The van der Waals surface area contributed by atoms with Crippen LogP contribution in [-0.2, 0) is 9.53 Å². The van der Waals surface area contributed by atoms with Crippen LogP contribution in [0.15, 0.2) is 12.4 Å². The summed E-state index contributed by atoms with van der Waals surface area (Å²) in [5, 5.41) is 19.4. The minimum atomic E-state index is -1.34. The van der Waals surface area contributed by atoms with Crippen LogP contribution in [0.2, 0.25) is 0 Å². The zero-order valence-corrected chi connectivity index (χ0v) is 9.33. The second kappa shape index (κ2) is 5.46. The summed E-state index contributed by atoms with van der Waals surface area (Å²) in [6, 6.07) is 0. The van der Waals surface area contributed by atoms with Gasteiger partial charge in [0.15, 0.2) is 0 Å². The Morgan fingerprint density at radius 1 is 1.47 bits per heavy atom. The molecule has 2 atom stereocenters. The van der Waals surface area contributed by atoms with Crippen molar-refractivity contribution in [2.75, 3.05) is 18.6 Å². The lowest BCUT2D eigenvalue weighted by molar-refractivity contribution is -0.144. The van der Waals surface area contributed by atoms with Crippen molar-refractivity contribution in [2.24, 2.45) is 0 Å². The molecule has 2 unspecified atom stereocenters. The molecule has 0 saturated carbocycles. The van der Waals surface area contributed by atoms with E-state index in [0.717, 1.165) is 0 Å². The van der Waals surface area contributed by atoms with Crippen molar-refractivity contribution < 1.29 is 19.7 Å². The number of rotatable bonds is 4. The van der Waals surface area contributed by atoms with Gasteiger partial charge < -0.3 is 26.4 Å². The second-order valence-electron chi connectivity index (χ2n) is 3.52. The maximum Gasteiger partial charge on any atom is 0.308 e. The first-order valence-corrected chi connectivity index (χ1v) is 4.89. The summed E-state index contributed by atoms with van der Waals surface area (Å²) in [7, 11) is 1.19. The summed E-state index contributed by atoms with van der Waals surface area (Å²) in [6.45, 7) is 0. The Morgan fingerprint density at radius 3 is 2.71 bits per heavy atom. The van der Waals surface area contributed by atoms with Crippen molar-refractivity contribution in [2.45, 2.75) is 18.6 Å². The van der Waals surface area contributed by atoms with Crippen molar-refractivity contribution in [1.82, 2.24) is 4.98 Å². The molecule has 0 fully saturated rings. The number of nitrogen functional groups attached to an aromatic ring is 2. The van der Waals surface area contributed by atoms with Gasteiger partial charge in [0.1, 0.15) is 6.10 Å². The molecule has 1 aromatic rings. The average molecular weight is 241 g/mol. The molecule has 0 amide bonds. The fourth-order valence-electron chi connectivity index (χ4n) is 1.31. The van der Waals surface area contributed by atoms with E-state index in [0.29, 0.717) is 0 Å². The molecule has 0 aliphatic rings. The number of hydrogen-bond donors (Lipinski definition) is 4. The number of esters is 1. The molecule has 94 valence electrons. The minimum Gasteiger partial charge on any atom is -0.469 e. The Kier molecular flexibility index (Phi) is 4.24. The third-order valence-corrected chi connectivity index (χ3v) is 2.34. The Bertz CT molecular complexity index is 411. The number of methoxy groups -OCH3 is 1. The van der Waals surface area contributed by atoms with Gasteiger partial charge in [0.2, 0.25) is 0 Å². The lowest BCUT2D eigenvalue weighted by Gasteiger charge is -2.18. The average Bonchev–Trinajstić information content (AvgIpc) is 2.31. The molecule has 0 radical (unpaired) electrons. The third-order valence-electron chi connectivity index (χ3n) is 2.34. The van der Waals surface area contributed by atoms with E-state index in [9.17, 15) is 15.0 Å². The van der Waals surface area contributed by atoms with Crippen LogP contribution >= 0.6 is 0 Å². The van der Waals surface area contributed by atoms with E-state index in [4.69, 9.17) is 11.5 Å². The Balaban J connectivity index is 2.85. The van der Waals surface area contributed by atoms with E-state index < -0.39 is 18.2 Å². The second-order valence-corrected chi connectivity index (χ2v) is 3.52. The number of pyridine rings is 1. The quantitative estimate of drug-likeness (QED) is 0.507. The largest absolute Gasteiger partial charge is 0.469 e. The van der Waals surface area contributed by atoms with Crippen molar-refractivity contribution in [3.63, 3.8) is 0 Å². The topological polar surface area (TPSA) is 132 Å². The van der Waals surface area contributed by atoms with E-state index in [2.05, 4.69) is 9.72 Å². The molecule has 0 aromatic carbocycles. The van der Waals surface area contributed by atoms with Crippen molar-refractivity contribution >= 4 is 17.3 Å². The molecule has 1 rings (SSSR count). The number of ether oxygens (including phenoxy) is 1. The van der Waals surface area contributed by atoms with Gasteiger partial charge in [-0.2, -0.15) is 0 Å². The number of carbonyl (C=O) groups is 1. The number of nitrogens with two attached hydrogens (primary N) is 2. The van der Waals surface area contributed by atoms with Crippen LogP contribution < -0.4 is 11.5 Å². The van der Waals surface area contributed by atoms with E-state index in [1.807, 2.05) is 0 Å². The molecule has 1 heterocycles. The number of aliphatic hydroxyl groups excluding tert-OH is 2. The van der Waals surface area contributed by atoms with Gasteiger partial charge in [0, 0.05) is 11.8 Å². The normalized spacial score (nSPS) is 14.1. The highest BCUT2D eigenvalue weighted by atomic mass is 16.5. The summed E-state index contributed by atoms with van der Waals surface area (Å²) < 4.78 is 4.38. The summed E-state index contributed by atoms with van der Waals surface area (Å²) in [5.74, 6) is -0.632.